The van der Waals surface area contributed by atoms with Crippen LogP contribution >= 0.6 is 0 Å². The maximum Gasteiger partial charge on any atom is 0.161 e. The highest BCUT2D eigenvalue weighted by molar-refractivity contribution is 5.89. The highest BCUT2D eigenvalue weighted by Crippen LogP contribution is 2.33. The predicted octanol–water partition coefficient (Wildman–Crippen LogP) is 4.38. The highest BCUT2D eigenvalue weighted by atomic mass is 16.5. The van der Waals surface area contributed by atoms with Crippen molar-refractivity contribution in [1.82, 2.24) is 14.8 Å². The number of nitrogens with zero attached hydrogens (tertiary/aromatic N) is 4. The van der Waals surface area contributed by atoms with Crippen molar-refractivity contribution in [2.45, 2.75) is 19.3 Å². The standard InChI is InChI=1S/C23H26N4O2/c1-28-21-12-11-18(15-22(21)29-2)23-19(16-24-26-13-7-4-8-14-26)17-27(25-23)20-9-5-3-6-10-20/h3,5-6,9-12,15-17H,4,7-8,13-14H2,1-2H3/b24-16+. The van der Waals surface area contributed by atoms with E-state index in [1.165, 1.54) is 19.3 Å². The largest absolute Gasteiger partial charge is 0.493 e. The second-order valence-electron chi connectivity index (χ2n) is 7.04. The SMILES string of the molecule is COc1ccc(-c2nn(-c3ccccc3)cc2/C=N/N2CCCCC2)cc1OC. The van der Waals surface area contributed by atoms with Gasteiger partial charge in [-0.15, -0.1) is 0 Å². The van der Waals surface area contributed by atoms with Crippen molar-refractivity contribution in [3.63, 3.8) is 0 Å². The number of rotatable bonds is 6. The average molecular weight is 390 g/mol. The van der Waals surface area contributed by atoms with Crippen LogP contribution in [0, 0.1) is 0 Å². The molecule has 2 aromatic carbocycles. The van der Waals surface area contributed by atoms with Gasteiger partial charge in [-0.25, -0.2) is 4.68 Å². The van der Waals surface area contributed by atoms with Crippen LogP contribution in [0.3, 0.4) is 0 Å². The van der Waals surface area contributed by atoms with Crippen LogP contribution < -0.4 is 9.47 Å². The fourth-order valence-corrected chi connectivity index (χ4v) is 3.54. The second-order valence-corrected chi connectivity index (χ2v) is 7.04. The van der Waals surface area contributed by atoms with E-state index in [0.717, 1.165) is 35.6 Å². The van der Waals surface area contributed by atoms with E-state index in [1.54, 1.807) is 14.2 Å². The molecule has 3 aromatic rings. The second kappa shape index (κ2) is 8.82. The maximum atomic E-state index is 5.48. The monoisotopic (exact) mass is 390 g/mol. The molecule has 4 rings (SSSR count). The number of para-hydroxylation sites is 1. The lowest BCUT2D eigenvalue weighted by atomic mass is 10.1. The zero-order chi connectivity index (χ0) is 20.1. The van der Waals surface area contributed by atoms with Crippen LogP contribution in [0.5, 0.6) is 11.5 Å². The lowest BCUT2D eigenvalue weighted by Crippen LogP contribution is -2.24. The van der Waals surface area contributed by atoms with Gasteiger partial charge in [0.1, 0.15) is 5.69 Å². The van der Waals surface area contributed by atoms with Crippen LogP contribution in [0.2, 0.25) is 0 Å². The molecule has 0 aliphatic carbocycles. The molecule has 6 heteroatoms. The maximum absolute atomic E-state index is 5.48. The summed E-state index contributed by atoms with van der Waals surface area (Å²) in [5.74, 6) is 1.38. The van der Waals surface area contributed by atoms with Gasteiger partial charge in [0.2, 0.25) is 0 Å². The van der Waals surface area contributed by atoms with Gasteiger partial charge in [0.05, 0.1) is 26.1 Å². The molecule has 0 unspecified atom stereocenters. The van der Waals surface area contributed by atoms with E-state index in [1.807, 2.05) is 65.6 Å². The molecule has 0 atom stereocenters. The Bertz CT molecular complexity index is 976. The van der Waals surface area contributed by atoms with Crippen molar-refractivity contribution in [3.05, 3.63) is 60.3 Å². The first-order chi connectivity index (χ1) is 14.3. The zero-order valence-electron chi connectivity index (χ0n) is 16.9. The average Bonchev–Trinajstić information content (AvgIpc) is 3.23. The first kappa shape index (κ1) is 19.1. The van der Waals surface area contributed by atoms with Gasteiger partial charge in [-0.1, -0.05) is 18.2 Å². The van der Waals surface area contributed by atoms with Crippen molar-refractivity contribution in [2.24, 2.45) is 5.10 Å². The minimum Gasteiger partial charge on any atom is -0.493 e. The third-order valence-corrected chi connectivity index (χ3v) is 5.11. The molecule has 1 aliphatic rings. The van der Waals surface area contributed by atoms with Crippen molar-refractivity contribution in [2.75, 3.05) is 27.3 Å². The molecule has 2 heterocycles. The van der Waals surface area contributed by atoms with Gasteiger partial charge in [-0.2, -0.15) is 10.2 Å². The van der Waals surface area contributed by atoms with Gasteiger partial charge in [0, 0.05) is 30.4 Å². The Kier molecular flexibility index (Phi) is 5.79. The Morgan fingerprint density at radius 2 is 1.69 bits per heavy atom. The van der Waals surface area contributed by atoms with Gasteiger partial charge in [0.15, 0.2) is 11.5 Å². The molecule has 29 heavy (non-hydrogen) atoms. The first-order valence-electron chi connectivity index (χ1n) is 9.95. The van der Waals surface area contributed by atoms with Gasteiger partial charge < -0.3 is 9.47 Å². The Morgan fingerprint density at radius 3 is 2.41 bits per heavy atom. The molecule has 150 valence electrons. The van der Waals surface area contributed by atoms with Crippen LogP contribution in [-0.2, 0) is 0 Å². The quantitative estimate of drug-likeness (QED) is 0.586. The van der Waals surface area contributed by atoms with E-state index in [4.69, 9.17) is 19.7 Å². The summed E-state index contributed by atoms with van der Waals surface area (Å²) in [7, 11) is 3.28. The minimum absolute atomic E-state index is 0.679. The van der Waals surface area contributed by atoms with Crippen molar-refractivity contribution in [3.8, 4) is 28.4 Å². The number of methoxy groups -OCH3 is 2. The molecule has 1 fully saturated rings. The molecule has 1 aromatic heterocycles. The summed E-state index contributed by atoms with van der Waals surface area (Å²) in [4.78, 5) is 0. The molecular formula is C23H26N4O2. The smallest absolute Gasteiger partial charge is 0.161 e. The molecular weight excluding hydrogens is 364 g/mol. The molecule has 0 saturated carbocycles. The summed E-state index contributed by atoms with van der Waals surface area (Å²) in [6.07, 6.45) is 7.62. The molecule has 6 nitrogen and oxygen atoms in total. The summed E-state index contributed by atoms with van der Waals surface area (Å²) in [5.41, 5.74) is 3.78. The molecule has 1 saturated heterocycles. The van der Waals surface area contributed by atoms with Crippen LogP contribution in [0.1, 0.15) is 24.8 Å². The lowest BCUT2D eigenvalue weighted by molar-refractivity contribution is 0.240. The molecule has 0 N–H and O–H groups in total. The Hall–Kier alpha value is -3.28. The fraction of sp³-hybridized carbons (Fsp3) is 0.304. The normalized spacial score (nSPS) is 14.3. The number of piperidine rings is 1. The van der Waals surface area contributed by atoms with Crippen LogP contribution in [0.25, 0.3) is 16.9 Å². The van der Waals surface area contributed by atoms with Gasteiger partial charge >= 0.3 is 0 Å². The van der Waals surface area contributed by atoms with Crippen LogP contribution in [0.4, 0.5) is 0 Å². The number of hydrogen-bond donors (Lipinski definition) is 0. The third-order valence-electron chi connectivity index (χ3n) is 5.11. The lowest BCUT2D eigenvalue weighted by Gasteiger charge is -2.23. The summed E-state index contributed by atoms with van der Waals surface area (Å²) in [5, 5.41) is 11.7. The number of ether oxygens (including phenoxy) is 2. The van der Waals surface area contributed by atoms with E-state index < -0.39 is 0 Å². The molecule has 1 aliphatic heterocycles. The molecule has 0 radical (unpaired) electrons. The van der Waals surface area contributed by atoms with Gasteiger partial charge in [0.25, 0.3) is 0 Å². The van der Waals surface area contributed by atoms with Crippen LogP contribution in [-0.4, -0.2) is 48.3 Å². The van der Waals surface area contributed by atoms with Crippen LogP contribution in [0.15, 0.2) is 59.8 Å². The van der Waals surface area contributed by atoms with Crippen molar-refractivity contribution in [1.29, 1.82) is 0 Å². The molecule has 0 amide bonds. The summed E-state index contributed by atoms with van der Waals surface area (Å²) in [6, 6.07) is 15.9. The summed E-state index contributed by atoms with van der Waals surface area (Å²) < 4.78 is 12.8. The van der Waals surface area contributed by atoms with Gasteiger partial charge in [-0.05, 0) is 49.6 Å². The Labute approximate surface area is 171 Å². The van der Waals surface area contributed by atoms with E-state index in [2.05, 4.69) is 5.01 Å². The van der Waals surface area contributed by atoms with E-state index in [9.17, 15) is 0 Å². The minimum atomic E-state index is 0.679. The topological polar surface area (TPSA) is 51.9 Å². The van der Waals surface area contributed by atoms with E-state index in [-0.39, 0.29) is 0 Å². The highest BCUT2D eigenvalue weighted by Gasteiger charge is 2.15. The molecule has 0 spiro atoms. The van der Waals surface area contributed by atoms with E-state index >= 15 is 0 Å². The number of hydrogen-bond acceptors (Lipinski definition) is 5. The van der Waals surface area contributed by atoms with Gasteiger partial charge in [-0.3, -0.25) is 5.01 Å². The number of benzene rings is 2. The summed E-state index contributed by atoms with van der Waals surface area (Å²) in [6.45, 7) is 2.02. The van der Waals surface area contributed by atoms with E-state index in [0.29, 0.717) is 11.5 Å². The fourth-order valence-electron chi connectivity index (χ4n) is 3.54. The number of aromatic nitrogens is 2. The Morgan fingerprint density at radius 1 is 0.931 bits per heavy atom. The third kappa shape index (κ3) is 4.26. The van der Waals surface area contributed by atoms with Crippen molar-refractivity contribution < 1.29 is 9.47 Å². The van der Waals surface area contributed by atoms with Crippen molar-refractivity contribution >= 4 is 6.21 Å². The summed E-state index contributed by atoms with van der Waals surface area (Å²) >= 11 is 0. The predicted molar refractivity (Wildman–Crippen MR) is 115 cm³/mol. The Balaban J connectivity index is 1.74. The molecule has 0 bridgehead atoms. The number of hydrazone groups is 1. The zero-order valence-corrected chi connectivity index (χ0v) is 16.9. The first-order valence-corrected chi connectivity index (χ1v) is 9.95.